The van der Waals surface area contributed by atoms with Crippen LogP contribution in [0.3, 0.4) is 0 Å². The highest BCUT2D eigenvalue weighted by molar-refractivity contribution is 5.46. The van der Waals surface area contributed by atoms with Crippen molar-refractivity contribution in [2.75, 3.05) is 5.32 Å². The average Bonchev–Trinajstić information content (AvgIpc) is 2.45. The maximum absolute atomic E-state index is 12.9. The molecule has 2 rings (SSSR count). The van der Waals surface area contributed by atoms with Crippen molar-refractivity contribution < 1.29 is 13.2 Å². The zero-order valence-corrected chi connectivity index (χ0v) is 12.0. The molecule has 1 nitrogen and oxygen atoms in total. The summed E-state index contributed by atoms with van der Waals surface area (Å²) in [4.78, 5) is 0. The highest BCUT2D eigenvalue weighted by Crippen LogP contribution is 2.32. The Morgan fingerprint density at radius 1 is 0.952 bits per heavy atom. The second kappa shape index (κ2) is 6.20. The number of nitrogens with one attached hydrogen (secondary N) is 1. The normalized spacial score (nSPS) is 11.7. The fraction of sp³-hybridized carbons (Fsp3) is 0.294. The molecule has 0 aromatic heterocycles. The monoisotopic (exact) mass is 293 g/mol. The van der Waals surface area contributed by atoms with Crippen LogP contribution in [-0.2, 0) is 12.7 Å². The molecule has 21 heavy (non-hydrogen) atoms. The van der Waals surface area contributed by atoms with Gasteiger partial charge in [-0.1, -0.05) is 44.2 Å². The number of halogens is 3. The lowest BCUT2D eigenvalue weighted by Crippen LogP contribution is -2.11. The van der Waals surface area contributed by atoms with Crippen LogP contribution in [0.5, 0.6) is 0 Å². The SMILES string of the molecule is CC(C)c1ccc(NCc2ccccc2C(F)(F)F)cc1. The minimum atomic E-state index is -4.32. The largest absolute Gasteiger partial charge is 0.416 e. The van der Waals surface area contributed by atoms with Crippen LogP contribution >= 0.6 is 0 Å². The summed E-state index contributed by atoms with van der Waals surface area (Å²) in [5, 5.41) is 3.04. The van der Waals surface area contributed by atoms with Gasteiger partial charge in [-0.15, -0.1) is 0 Å². The third-order valence-corrected chi connectivity index (χ3v) is 3.38. The molecule has 0 saturated heterocycles. The summed E-state index contributed by atoms with van der Waals surface area (Å²) in [6.45, 7) is 4.35. The first-order valence-corrected chi connectivity index (χ1v) is 6.87. The first-order valence-electron chi connectivity index (χ1n) is 6.87. The van der Waals surface area contributed by atoms with Gasteiger partial charge in [0.1, 0.15) is 0 Å². The van der Waals surface area contributed by atoms with E-state index in [1.54, 1.807) is 6.07 Å². The number of anilines is 1. The smallest absolute Gasteiger partial charge is 0.381 e. The van der Waals surface area contributed by atoms with Crippen LogP contribution in [0, 0.1) is 0 Å². The van der Waals surface area contributed by atoms with E-state index < -0.39 is 11.7 Å². The van der Waals surface area contributed by atoms with Crippen molar-refractivity contribution in [1.82, 2.24) is 0 Å². The molecule has 0 aliphatic rings. The highest BCUT2D eigenvalue weighted by Gasteiger charge is 2.32. The first kappa shape index (κ1) is 15.4. The van der Waals surface area contributed by atoms with Crippen molar-refractivity contribution in [3.05, 3.63) is 65.2 Å². The maximum atomic E-state index is 12.9. The second-order valence-electron chi connectivity index (χ2n) is 5.29. The highest BCUT2D eigenvalue weighted by atomic mass is 19.4. The van der Waals surface area contributed by atoms with Gasteiger partial charge in [0.2, 0.25) is 0 Å². The summed E-state index contributed by atoms with van der Waals surface area (Å²) in [5.41, 5.74) is 1.68. The Balaban J connectivity index is 2.10. The van der Waals surface area contributed by atoms with Gasteiger partial charge in [0.15, 0.2) is 0 Å². The Bertz CT molecular complexity index is 586. The van der Waals surface area contributed by atoms with Crippen LogP contribution in [0.15, 0.2) is 48.5 Å². The topological polar surface area (TPSA) is 12.0 Å². The standard InChI is InChI=1S/C17H18F3N/c1-12(2)13-7-9-15(10-8-13)21-11-14-5-3-4-6-16(14)17(18,19)20/h3-10,12,21H,11H2,1-2H3. The van der Waals surface area contributed by atoms with Crippen molar-refractivity contribution in [1.29, 1.82) is 0 Å². The van der Waals surface area contributed by atoms with Gasteiger partial charge in [-0.25, -0.2) is 0 Å². The van der Waals surface area contributed by atoms with Gasteiger partial charge in [-0.05, 0) is 35.2 Å². The van der Waals surface area contributed by atoms with E-state index in [-0.39, 0.29) is 12.1 Å². The second-order valence-corrected chi connectivity index (χ2v) is 5.29. The van der Waals surface area contributed by atoms with Crippen LogP contribution in [-0.4, -0.2) is 0 Å². The third-order valence-electron chi connectivity index (χ3n) is 3.38. The molecule has 0 bridgehead atoms. The molecule has 2 aromatic rings. The number of rotatable bonds is 4. The van der Waals surface area contributed by atoms with Gasteiger partial charge in [0.05, 0.1) is 5.56 Å². The van der Waals surface area contributed by atoms with Crippen LogP contribution in [0.2, 0.25) is 0 Å². The van der Waals surface area contributed by atoms with Crippen molar-refractivity contribution in [2.45, 2.75) is 32.5 Å². The number of hydrogen-bond acceptors (Lipinski definition) is 1. The zero-order chi connectivity index (χ0) is 15.5. The summed E-state index contributed by atoms with van der Waals surface area (Å²) in [7, 11) is 0. The lowest BCUT2D eigenvalue weighted by Gasteiger charge is -2.14. The van der Waals surface area contributed by atoms with Gasteiger partial charge < -0.3 is 5.32 Å². The van der Waals surface area contributed by atoms with Crippen molar-refractivity contribution in [3.8, 4) is 0 Å². The Hall–Kier alpha value is -1.97. The first-order chi connectivity index (χ1) is 9.88. The molecular weight excluding hydrogens is 275 g/mol. The minimum Gasteiger partial charge on any atom is -0.381 e. The zero-order valence-electron chi connectivity index (χ0n) is 12.0. The average molecular weight is 293 g/mol. The molecule has 0 aliphatic carbocycles. The molecule has 0 saturated carbocycles. The van der Waals surface area contributed by atoms with Crippen LogP contribution in [0.25, 0.3) is 0 Å². The Morgan fingerprint density at radius 3 is 2.14 bits per heavy atom. The minimum absolute atomic E-state index is 0.150. The molecule has 0 atom stereocenters. The van der Waals surface area contributed by atoms with E-state index in [1.165, 1.54) is 17.7 Å². The van der Waals surface area contributed by atoms with Crippen LogP contribution in [0.1, 0.15) is 36.5 Å². The van der Waals surface area contributed by atoms with Gasteiger partial charge >= 0.3 is 6.18 Å². The number of alkyl halides is 3. The third kappa shape index (κ3) is 4.00. The van der Waals surface area contributed by atoms with Gasteiger partial charge in [-0.2, -0.15) is 13.2 Å². The molecule has 4 heteroatoms. The fourth-order valence-electron chi connectivity index (χ4n) is 2.13. The van der Waals surface area contributed by atoms with Crippen molar-refractivity contribution >= 4 is 5.69 Å². The molecule has 0 fully saturated rings. The van der Waals surface area contributed by atoms with E-state index in [0.29, 0.717) is 5.92 Å². The molecule has 1 N–H and O–H groups in total. The quantitative estimate of drug-likeness (QED) is 0.791. The molecule has 0 aliphatic heterocycles. The predicted molar refractivity (Wildman–Crippen MR) is 79.3 cm³/mol. The molecular formula is C17H18F3N. The molecule has 0 heterocycles. The van der Waals surface area contributed by atoms with Crippen LogP contribution < -0.4 is 5.32 Å². The van der Waals surface area contributed by atoms with E-state index in [0.717, 1.165) is 11.8 Å². The lowest BCUT2D eigenvalue weighted by molar-refractivity contribution is -0.138. The van der Waals surface area contributed by atoms with E-state index in [4.69, 9.17) is 0 Å². The van der Waals surface area contributed by atoms with E-state index >= 15 is 0 Å². The Kier molecular flexibility index (Phi) is 4.56. The molecule has 2 aromatic carbocycles. The summed E-state index contributed by atoms with van der Waals surface area (Å²) in [5.74, 6) is 0.435. The Labute approximate surface area is 122 Å². The number of benzene rings is 2. The predicted octanol–water partition coefficient (Wildman–Crippen LogP) is 5.44. The molecule has 0 unspecified atom stereocenters. The van der Waals surface area contributed by atoms with Gasteiger partial charge in [0.25, 0.3) is 0 Å². The van der Waals surface area contributed by atoms with E-state index in [1.807, 2.05) is 24.3 Å². The maximum Gasteiger partial charge on any atom is 0.416 e. The molecule has 0 amide bonds. The van der Waals surface area contributed by atoms with Crippen molar-refractivity contribution in [3.63, 3.8) is 0 Å². The number of hydrogen-bond donors (Lipinski definition) is 1. The van der Waals surface area contributed by atoms with E-state index in [2.05, 4.69) is 19.2 Å². The molecule has 0 spiro atoms. The van der Waals surface area contributed by atoms with Gasteiger partial charge in [0, 0.05) is 12.2 Å². The summed E-state index contributed by atoms with van der Waals surface area (Å²) in [6, 6.07) is 13.4. The van der Waals surface area contributed by atoms with Gasteiger partial charge in [-0.3, -0.25) is 0 Å². The van der Waals surface area contributed by atoms with Crippen molar-refractivity contribution in [2.24, 2.45) is 0 Å². The fourth-order valence-corrected chi connectivity index (χ4v) is 2.13. The molecule has 112 valence electrons. The lowest BCUT2D eigenvalue weighted by atomic mass is 10.0. The molecule has 0 radical (unpaired) electrons. The summed E-state index contributed by atoms with van der Waals surface area (Å²) >= 11 is 0. The summed E-state index contributed by atoms with van der Waals surface area (Å²) in [6.07, 6.45) is -4.32. The van der Waals surface area contributed by atoms with E-state index in [9.17, 15) is 13.2 Å². The van der Waals surface area contributed by atoms with Crippen LogP contribution in [0.4, 0.5) is 18.9 Å². The summed E-state index contributed by atoms with van der Waals surface area (Å²) < 4.78 is 38.7. The Morgan fingerprint density at radius 2 is 1.57 bits per heavy atom.